The summed E-state index contributed by atoms with van der Waals surface area (Å²) in [4.78, 5) is 12.0. The van der Waals surface area contributed by atoms with Crippen LogP contribution < -0.4 is 11.1 Å². The number of thiocarbonyl (C=S) groups is 1. The van der Waals surface area contributed by atoms with Crippen LogP contribution in [0.15, 0.2) is 12.1 Å². The second-order valence-corrected chi connectivity index (χ2v) is 5.32. The van der Waals surface area contributed by atoms with E-state index in [1.54, 1.807) is 0 Å². The molecule has 1 unspecified atom stereocenters. The van der Waals surface area contributed by atoms with Crippen LogP contribution in [0.5, 0.6) is 0 Å². The molecule has 0 heterocycles. The van der Waals surface area contributed by atoms with Crippen molar-refractivity contribution in [2.75, 3.05) is 0 Å². The number of carbonyl (C=O) groups excluding carboxylic acids is 1. The summed E-state index contributed by atoms with van der Waals surface area (Å²) in [5.74, 6) is -2.31. The molecule has 1 fully saturated rings. The molecule has 0 radical (unpaired) electrons. The van der Waals surface area contributed by atoms with Gasteiger partial charge in [-0.3, -0.25) is 4.79 Å². The zero-order chi connectivity index (χ0) is 14.2. The fourth-order valence-corrected chi connectivity index (χ4v) is 2.17. The number of halogens is 3. The van der Waals surface area contributed by atoms with Gasteiger partial charge < -0.3 is 11.1 Å². The van der Waals surface area contributed by atoms with Crippen LogP contribution in [0.1, 0.15) is 23.2 Å². The van der Waals surface area contributed by atoms with Crippen LogP contribution in [0.25, 0.3) is 0 Å². The van der Waals surface area contributed by atoms with Gasteiger partial charge in [0, 0.05) is 0 Å². The summed E-state index contributed by atoms with van der Waals surface area (Å²) < 4.78 is 26.8. The van der Waals surface area contributed by atoms with E-state index >= 15 is 0 Å². The Hall–Kier alpha value is -1.27. The summed E-state index contributed by atoms with van der Waals surface area (Å²) in [6.07, 6.45) is 1.81. The lowest BCUT2D eigenvalue weighted by Crippen LogP contribution is -2.45. The first-order valence-corrected chi connectivity index (χ1v) is 6.43. The lowest BCUT2D eigenvalue weighted by atomic mass is 10.1. The van der Waals surface area contributed by atoms with E-state index in [9.17, 15) is 13.6 Å². The molecule has 19 heavy (non-hydrogen) atoms. The number of hydrogen-bond donors (Lipinski definition) is 2. The Balaban J connectivity index is 2.19. The fourth-order valence-electron chi connectivity index (χ4n) is 1.77. The third kappa shape index (κ3) is 3.19. The largest absolute Gasteiger partial charge is 0.392 e. The summed E-state index contributed by atoms with van der Waals surface area (Å²) in [5, 5.41) is 2.15. The smallest absolute Gasteiger partial charge is 0.254 e. The summed E-state index contributed by atoms with van der Waals surface area (Å²) in [6.45, 7) is 0. The van der Waals surface area contributed by atoms with Crippen LogP contribution in [0.3, 0.4) is 0 Å². The minimum atomic E-state index is -0.888. The highest BCUT2D eigenvalue weighted by Crippen LogP contribution is 2.33. The second-order valence-electron chi connectivity index (χ2n) is 4.44. The highest BCUT2D eigenvalue weighted by atomic mass is 35.5. The van der Waals surface area contributed by atoms with Crippen LogP contribution in [0.2, 0.25) is 5.02 Å². The Labute approximate surface area is 119 Å². The number of hydrogen-bond acceptors (Lipinski definition) is 2. The average molecular weight is 305 g/mol. The summed E-state index contributed by atoms with van der Waals surface area (Å²) >= 11 is 10.3. The van der Waals surface area contributed by atoms with E-state index in [1.165, 1.54) is 0 Å². The number of nitrogens with two attached hydrogens (primary N) is 1. The molecule has 1 amide bonds. The van der Waals surface area contributed by atoms with E-state index in [-0.39, 0.29) is 15.9 Å². The van der Waals surface area contributed by atoms with E-state index in [0.717, 1.165) is 25.0 Å². The van der Waals surface area contributed by atoms with Crippen LogP contribution in [-0.2, 0) is 0 Å². The number of nitrogens with one attached hydrogen (secondary N) is 1. The predicted octanol–water partition coefficient (Wildman–Crippen LogP) is 2.41. The van der Waals surface area contributed by atoms with E-state index in [2.05, 4.69) is 5.32 Å². The lowest BCUT2D eigenvalue weighted by molar-refractivity contribution is 0.0939. The number of carbonyl (C=O) groups is 1. The molecule has 1 aromatic rings. The topological polar surface area (TPSA) is 55.1 Å². The predicted molar refractivity (Wildman–Crippen MR) is 72.1 cm³/mol. The van der Waals surface area contributed by atoms with Crippen LogP contribution in [0, 0.1) is 17.6 Å². The van der Waals surface area contributed by atoms with Crippen LogP contribution >= 0.6 is 23.8 Å². The molecule has 1 aliphatic rings. The third-order valence-electron chi connectivity index (χ3n) is 2.94. The Kier molecular flexibility index (Phi) is 4.01. The molecule has 0 aromatic heterocycles. The SMILES string of the molecule is NC(=S)C(NC(=O)c1cc(F)c(Cl)cc1F)C1CC1. The summed E-state index contributed by atoms with van der Waals surface area (Å²) in [6, 6.07) is 1.04. The molecule has 1 aliphatic carbocycles. The molecular weight excluding hydrogens is 294 g/mol. The molecule has 3 nitrogen and oxygen atoms in total. The maximum Gasteiger partial charge on any atom is 0.254 e. The fraction of sp³-hybridized carbons (Fsp3) is 0.333. The highest BCUT2D eigenvalue weighted by Gasteiger charge is 2.34. The Morgan fingerprint density at radius 2 is 2.05 bits per heavy atom. The van der Waals surface area contributed by atoms with Gasteiger partial charge in [-0.05, 0) is 30.9 Å². The van der Waals surface area contributed by atoms with Crippen LogP contribution in [-0.4, -0.2) is 16.9 Å². The van der Waals surface area contributed by atoms with Gasteiger partial charge in [-0.2, -0.15) is 0 Å². The Morgan fingerprint density at radius 3 is 2.58 bits per heavy atom. The van der Waals surface area contributed by atoms with Gasteiger partial charge in [0.1, 0.15) is 11.6 Å². The zero-order valence-corrected chi connectivity index (χ0v) is 11.3. The molecule has 1 aromatic carbocycles. The average Bonchev–Trinajstić information content (AvgIpc) is 3.14. The number of amides is 1. The van der Waals surface area contributed by atoms with Gasteiger partial charge in [0.2, 0.25) is 0 Å². The molecule has 0 aliphatic heterocycles. The normalized spacial score (nSPS) is 15.9. The minimum absolute atomic E-state index is 0.144. The van der Waals surface area contributed by atoms with Crippen LogP contribution in [0.4, 0.5) is 8.78 Å². The van der Waals surface area contributed by atoms with Gasteiger partial charge in [0.15, 0.2) is 0 Å². The van der Waals surface area contributed by atoms with E-state index in [0.29, 0.717) is 0 Å². The van der Waals surface area contributed by atoms with Crippen molar-refractivity contribution in [3.8, 4) is 0 Å². The highest BCUT2D eigenvalue weighted by molar-refractivity contribution is 7.80. The minimum Gasteiger partial charge on any atom is -0.392 e. The molecule has 0 spiro atoms. The van der Waals surface area contributed by atoms with Crippen molar-refractivity contribution in [3.05, 3.63) is 34.4 Å². The monoisotopic (exact) mass is 304 g/mol. The van der Waals surface area contributed by atoms with Gasteiger partial charge in [-0.15, -0.1) is 0 Å². The Morgan fingerprint density at radius 1 is 1.42 bits per heavy atom. The molecule has 7 heteroatoms. The maximum atomic E-state index is 13.6. The summed E-state index contributed by atoms with van der Waals surface area (Å²) in [5.41, 5.74) is 5.11. The Bertz CT molecular complexity index is 549. The quantitative estimate of drug-likeness (QED) is 0.663. The number of benzene rings is 1. The van der Waals surface area contributed by atoms with Crippen molar-refractivity contribution in [1.29, 1.82) is 0 Å². The van der Waals surface area contributed by atoms with Gasteiger partial charge in [-0.1, -0.05) is 23.8 Å². The van der Waals surface area contributed by atoms with Gasteiger partial charge >= 0.3 is 0 Å². The molecule has 1 atom stereocenters. The van der Waals surface area contributed by atoms with Crippen molar-refractivity contribution >= 4 is 34.7 Å². The van der Waals surface area contributed by atoms with E-state index < -0.39 is 29.1 Å². The second kappa shape index (κ2) is 5.38. The summed E-state index contributed by atoms with van der Waals surface area (Å²) in [7, 11) is 0. The lowest BCUT2D eigenvalue weighted by Gasteiger charge is -2.17. The standard InChI is InChI=1S/C12H11ClF2N2OS/c13-7-4-8(14)6(3-9(7)15)12(18)17-10(11(16)19)5-1-2-5/h3-5,10H,1-2H2,(H2,16,19)(H,17,18). The molecule has 0 saturated heterocycles. The van der Waals surface area contributed by atoms with Crippen molar-refractivity contribution in [3.63, 3.8) is 0 Å². The molecule has 2 rings (SSSR count). The first-order chi connectivity index (χ1) is 8.90. The maximum absolute atomic E-state index is 13.6. The molecule has 3 N–H and O–H groups in total. The first kappa shape index (κ1) is 14.1. The molecule has 1 saturated carbocycles. The van der Waals surface area contributed by atoms with Gasteiger partial charge in [-0.25, -0.2) is 8.78 Å². The van der Waals surface area contributed by atoms with Crippen molar-refractivity contribution < 1.29 is 13.6 Å². The van der Waals surface area contributed by atoms with Crippen molar-refractivity contribution in [1.82, 2.24) is 5.32 Å². The molecular formula is C12H11ClF2N2OS. The van der Waals surface area contributed by atoms with Crippen molar-refractivity contribution in [2.45, 2.75) is 18.9 Å². The molecule has 102 valence electrons. The zero-order valence-electron chi connectivity index (χ0n) is 9.75. The third-order valence-corrected chi connectivity index (χ3v) is 3.48. The number of rotatable bonds is 4. The van der Waals surface area contributed by atoms with E-state index in [4.69, 9.17) is 29.6 Å². The van der Waals surface area contributed by atoms with Gasteiger partial charge in [0.25, 0.3) is 5.91 Å². The van der Waals surface area contributed by atoms with Gasteiger partial charge in [0.05, 0.1) is 21.6 Å². The van der Waals surface area contributed by atoms with Crippen molar-refractivity contribution in [2.24, 2.45) is 11.7 Å². The molecule has 0 bridgehead atoms. The first-order valence-electron chi connectivity index (χ1n) is 5.65. The van der Waals surface area contributed by atoms with E-state index in [1.807, 2.05) is 0 Å².